The average molecular weight is 453 g/mol. The zero-order chi connectivity index (χ0) is 21.9. The fraction of sp³-hybridized carbons (Fsp3) is 0.333. The van der Waals surface area contributed by atoms with E-state index in [1.807, 2.05) is 34.5 Å². The van der Waals surface area contributed by atoms with Gasteiger partial charge in [-0.25, -0.2) is 9.37 Å². The summed E-state index contributed by atoms with van der Waals surface area (Å²) in [6, 6.07) is 13.9. The zero-order valence-electron chi connectivity index (χ0n) is 17.7. The van der Waals surface area contributed by atoms with Crippen LogP contribution in [-0.2, 0) is 4.74 Å². The summed E-state index contributed by atoms with van der Waals surface area (Å²) in [7, 11) is 0. The van der Waals surface area contributed by atoms with Gasteiger partial charge in [-0.15, -0.1) is 11.3 Å². The lowest BCUT2D eigenvalue weighted by Crippen LogP contribution is -2.45. The lowest BCUT2D eigenvalue weighted by molar-refractivity contribution is 0.0348. The number of nitrogens with zero attached hydrogens (tertiary/aromatic N) is 3. The molecule has 2 aromatic carbocycles. The fourth-order valence-corrected chi connectivity index (χ4v) is 5.03. The van der Waals surface area contributed by atoms with Gasteiger partial charge in [-0.2, -0.15) is 0 Å². The third-order valence-corrected chi connectivity index (χ3v) is 6.80. The SMILES string of the molecule is O=C1c2ccccc2N[C@@H](c2csc(-c3ccc(F)cc3)n2)N1CCCN1CCOCC1. The number of thiazole rings is 1. The molecule has 1 fully saturated rings. The van der Waals surface area contributed by atoms with Crippen LogP contribution in [0.4, 0.5) is 10.1 Å². The largest absolute Gasteiger partial charge is 0.379 e. The van der Waals surface area contributed by atoms with Crippen molar-refractivity contribution in [2.24, 2.45) is 0 Å². The average Bonchev–Trinajstić information content (AvgIpc) is 3.32. The van der Waals surface area contributed by atoms with E-state index in [-0.39, 0.29) is 17.9 Å². The molecule has 8 heteroatoms. The highest BCUT2D eigenvalue weighted by Gasteiger charge is 2.34. The molecule has 166 valence electrons. The van der Waals surface area contributed by atoms with Crippen molar-refractivity contribution in [3.8, 4) is 10.6 Å². The molecule has 1 atom stereocenters. The summed E-state index contributed by atoms with van der Waals surface area (Å²) in [5.74, 6) is -0.254. The summed E-state index contributed by atoms with van der Waals surface area (Å²) in [5, 5.41) is 6.30. The molecular formula is C24H25FN4O2S. The molecule has 1 amide bonds. The maximum atomic E-state index is 13.4. The van der Waals surface area contributed by atoms with E-state index in [4.69, 9.17) is 9.72 Å². The molecule has 5 rings (SSSR count). The van der Waals surface area contributed by atoms with Gasteiger partial charge in [-0.05, 0) is 42.8 Å². The summed E-state index contributed by atoms with van der Waals surface area (Å²) in [5.41, 5.74) is 3.17. The molecule has 1 saturated heterocycles. The molecule has 6 nitrogen and oxygen atoms in total. The number of hydrogen-bond acceptors (Lipinski definition) is 6. The van der Waals surface area contributed by atoms with Gasteiger partial charge in [0.1, 0.15) is 17.0 Å². The first-order valence-electron chi connectivity index (χ1n) is 10.9. The van der Waals surface area contributed by atoms with Gasteiger partial charge < -0.3 is 15.0 Å². The molecule has 2 aliphatic heterocycles. The predicted octanol–water partition coefficient (Wildman–Crippen LogP) is 4.24. The van der Waals surface area contributed by atoms with Crippen LogP contribution in [-0.4, -0.2) is 60.1 Å². The summed E-state index contributed by atoms with van der Waals surface area (Å²) in [6.07, 6.45) is 0.536. The first-order chi connectivity index (χ1) is 15.7. The molecule has 3 heterocycles. The topological polar surface area (TPSA) is 57.7 Å². The Bertz CT molecular complexity index is 1080. The van der Waals surface area contributed by atoms with Crippen LogP contribution in [0.2, 0.25) is 0 Å². The maximum Gasteiger partial charge on any atom is 0.257 e. The Kier molecular flexibility index (Phi) is 6.16. The van der Waals surface area contributed by atoms with Crippen LogP contribution < -0.4 is 5.32 Å². The quantitative estimate of drug-likeness (QED) is 0.606. The van der Waals surface area contributed by atoms with Crippen molar-refractivity contribution in [3.63, 3.8) is 0 Å². The van der Waals surface area contributed by atoms with Crippen molar-refractivity contribution >= 4 is 22.9 Å². The molecule has 0 saturated carbocycles. The normalized spacial score (nSPS) is 19.0. The fourth-order valence-electron chi connectivity index (χ4n) is 4.18. The highest BCUT2D eigenvalue weighted by molar-refractivity contribution is 7.13. The van der Waals surface area contributed by atoms with Gasteiger partial charge in [0.15, 0.2) is 0 Å². The Morgan fingerprint density at radius 1 is 1.09 bits per heavy atom. The van der Waals surface area contributed by atoms with Crippen molar-refractivity contribution < 1.29 is 13.9 Å². The van der Waals surface area contributed by atoms with E-state index in [9.17, 15) is 9.18 Å². The minimum absolute atomic E-state index is 0.0164. The second-order valence-corrected chi connectivity index (χ2v) is 8.84. The van der Waals surface area contributed by atoms with Crippen LogP contribution in [0.3, 0.4) is 0 Å². The Morgan fingerprint density at radius 3 is 2.69 bits per heavy atom. The van der Waals surface area contributed by atoms with Crippen LogP contribution in [0, 0.1) is 5.82 Å². The van der Waals surface area contributed by atoms with E-state index in [0.717, 1.165) is 61.2 Å². The molecule has 0 spiro atoms. The van der Waals surface area contributed by atoms with Crippen molar-refractivity contribution in [2.45, 2.75) is 12.6 Å². The van der Waals surface area contributed by atoms with Gasteiger partial charge in [-0.3, -0.25) is 9.69 Å². The number of aromatic nitrogens is 1. The second-order valence-electron chi connectivity index (χ2n) is 7.98. The van der Waals surface area contributed by atoms with Crippen LogP contribution >= 0.6 is 11.3 Å². The molecule has 1 aromatic heterocycles. The third-order valence-electron chi connectivity index (χ3n) is 5.89. The number of para-hydroxylation sites is 1. The van der Waals surface area contributed by atoms with Crippen LogP contribution in [0.5, 0.6) is 0 Å². The van der Waals surface area contributed by atoms with E-state index in [2.05, 4.69) is 10.2 Å². The Balaban J connectivity index is 1.38. The van der Waals surface area contributed by atoms with Gasteiger partial charge in [0.25, 0.3) is 5.91 Å². The molecule has 0 bridgehead atoms. The van der Waals surface area contributed by atoms with E-state index < -0.39 is 0 Å². The summed E-state index contributed by atoms with van der Waals surface area (Å²) in [6.45, 7) is 4.97. The van der Waals surface area contributed by atoms with Crippen molar-refractivity contribution in [2.75, 3.05) is 44.7 Å². The van der Waals surface area contributed by atoms with E-state index in [1.165, 1.54) is 23.5 Å². The number of nitrogens with one attached hydrogen (secondary N) is 1. The molecule has 0 aliphatic carbocycles. The molecule has 32 heavy (non-hydrogen) atoms. The highest BCUT2D eigenvalue weighted by atomic mass is 32.1. The van der Waals surface area contributed by atoms with Crippen molar-refractivity contribution in [3.05, 3.63) is 71.0 Å². The number of carbonyl (C=O) groups excluding carboxylic acids is 1. The van der Waals surface area contributed by atoms with Gasteiger partial charge in [-0.1, -0.05) is 12.1 Å². The monoisotopic (exact) mass is 452 g/mol. The number of rotatable bonds is 6. The van der Waals surface area contributed by atoms with Crippen LogP contribution in [0.1, 0.15) is 28.6 Å². The van der Waals surface area contributed by atoms with Crippen molar-refractivity contribution in [1.82, 2.24) is 14.8 Å². The molecular weight excluding hydrogens is 427 g/mol. The van der Waals surface area contributed by atoms with Gasteiger partial charge in [0.05, 0.1) is 24.5 Å². The standard InChI is InChI=1S/C24H25FN4O2S/c25-18-8-6-17(7-9-18)23-27-21(16-32-23)22-26-20-5-2-1-4-19(20)24(30)29(22)11-3-10-28-12-14-31-15-13-28/h1-2,4-9,16,22,26H,3,10-15H2/t22-/m1/s1. The lowest BCUT2D eigenvalue weighted by atomic mass is 10.1. The number of benzene rings is 2. The van der Waals surface area contributed by atoms with Gasteiger partial charge >= 0.3 is 0 Å². The lowest BCUT2D eigenvalue weighted by Gasteiger charge is -2.37. The molecule has 1 N–H and O–H groups in total. The maximum absolute atomic E-state index is 13.4. The van der Waals surface area contributed by atoms with E-state index >= 15 is 0 Å². The van der Waals surface area contributed by atoms with E-state index in [1.54, 1.807) is 12.1 Å². The number of anilines is 1. The first kappa shape index (κ1) is 21.1. The second kappa shape index (κ2) is 9.36. The highest BCUT2D eigenvalue weighted by Crippen LogP contribution is 2.35. The number of amides is 1. The third kappa shape index (κ3) is 4.39. The number of ether oxygens (including phenoxy) is 1. The first-order valence-corrected chi connectivity index (χ1v) is 11.7. The van der Waals surface area contributed by atoms with Crippen LogP contribution in [0.25, 0.3) is 10.6 Å². The summed E-state index contributed by atoms with van der Waals surface area (Å²) >= 11 is 1.50. The van der Waals surface area contributed by atoms with Gasteiger partial charge in [0.2, 0.25) is 0 Å². The summed E-state index contributed by atoms with van der Waals surface area (Å²) in [4.78, 5) is 22.4. The smallest absolute Gasteiger partial charge is 0.257 e. The Labute approximate surface area is 190 Å². The predicted molar refractivity (Wildman–Crippen MR) is 123 cm³/mol. The molecule has 0 radical (unpaired) electrons. The number of fused-ring (bicyclic) bond motifs is 1. The Morgan fingerprint density at radius 2 is 1.88 bits per heavy atom. The number of morpholine rings is 1. The number of hydrogen-bond donors (Lipinski definition) is 1. The summed E-state index contributed by atoms with van der Waals surface area (Å²) < 4.78 is 18.7. The minimum Gasteiger partial charge on any atom is -0.379 e. The minimum atomic E-state index is -0.340. The molecule has 2 aliphatic rings. The Hall–Kier alpha value is -2.81. The van der Waals surface area contributed by atoms with E-state index in [0.29, 0.717) is 12.1 Å². The zero-order valence-corrected chi connectivity index (χ0v) is 18.5. The molecule has 3 aromatic rings. The van der Waals surface area contributed by atoms with Crippen LogP contribution in [0.15, 0.2) is 53.9 Å². The molecule has 0 unspecified atom stereocenters. The number of carbonyl (C=O) groups is 1. The number of halogens is 1. The van der Waals surface area contributed by atoms with Crippen molar-refractivity contribution in [1.29, 1.82) is 0 Å². The van der Waals surface area contributed by atoms with Gasteiger partial charge in [0, 0.05) is 42.8 Å².